The van der Waals surface area contributed by atoms with Crippen molar-refractivity contribution in [1.29, 1.82) is 0 Å². The van der Waals surface area contributed by atoms with Crippen LogP contribution in [0.3, 0.4) is 0 Å². The molecule has 0 radical (unpaired) electrons. The molecule has 1 amide bonds. The van der Waals surface area contributed by atoms with Crippen molar-refractivity contribution in [2.45, 2.75) is 34.4 Å². The number of amides is 1. The van der Waals surface area contributed by atoms with Crippen LogP contribution in [0.15, 0.2) is 64.4 Å². The van der Waals surface area contributed by atoms with E-state index in [1.807, 2.05) is 0 Å². The third kappa shape index (κ3) is 6.15. The molecule has 0 unspecified atom stereocenters. The van der Waals surface area contributed by atoms with E-state index in [2.05, 4.69) is 10.0 Å². The Hall–Kier alpha value is -2.23. The Labute approximate surface area is 166 Å². The van der Waals surface area contributed by atoms with Crippen LogP contribution in [0, 0.1) is 0 Å². The number of carbonyl (C=O) groups is 1. The molecule has 0 bridgehead atoms. The van der Waals surface area contributed by atoms with Gasteiger partial charge >= 0.3 is 0 Å². The van der Waals surface area contributed by atoms with Crippen LogP contribution in [0.1, 0.15) is 18.4 Å². The van der Waals surface area contributed by atoms with Gasteiger partial charge in [0.05, 0.1) is 4.90 Å². The van der Waals surface area contributed by atoms with Gasteiger partial charge in [-0.15, -0.1) is 0 Å². The highest BCUT2D eigenvalue weighted by atomic mass is 32.2. The lowest BCUT2D eigenvalue weighted by atomic mass is 10.2. The maximum Gasteiger partial charge on any atom is 0.288 e. The molecule has 0 spiro atoms. The number of carbonyl (C=O) groups excluding carboxylic acids is 1. The number of nitrogens with one attached hydrogen (secondary N) is 2. The molecule has 0 aromatic heterocycles. The van der Waals surface area contributed by atoms with E-state index in [1.54, 1.807) is 24.3 Å². The largest absolute Gasteiger partial charge is 0.322 e. The van der Waals surface area contributed by atoms with Crippen LogP contribution in [-0.4, -0.2) is 26.1 Å². The molecule has 1 fully saturated rings. The van der Waals surface area contributed by atoms with Gasteiger partial charge in [-0.25, -0.2) is 13.1 Å². The van der Waals surface area contributed by atoms with Crippen LogP contribution in [0.5, 0.6) is 0 Å². The number of rotatable bonds is 8. The average Bonchev–Trinajstić information content (AvgIpc) is 3.43. The van der Waals surface area contributed by atoms with Crippen molar-refractivity contribution in [2.75, 3.05) is 5.32 Å². The number of hydrogen-bond donors (Lipinski definition) is 2. The van der Waals surface area contributed by atoms with Gasteiger partial charge in [0, 0.05) is 22.7 Å². The Morgan fingerprint density at radius 1 is 1.14 bits per heavy atom. The van der Waals surface area contributed by atoms with Gasteiger partial charge in [0.25, 0.3) is 5.76 Å². The lowest BCUT2D eigenvalue weighted by Gasteiger charge is -2.06. The Kier molecular flexibility index (Phi) is 6.48. The Morgan fingerprint density at radius 2 is 1.86 bits per heavy atom. The van der Waals surface area contributed by atoms with E-state index in [9.17, 15) is 22.0 Å². The average molecular weight is 424 g/mol. The second-order valence-corrected chi connectivity index (χ2v) is 8.97. The first kappa shape index (κ1) is 20.5. The van der Waals surface area contributed by atoms with Crippen LogP contribution < -0.4 is 10.0 Å². The van der Waals surface area contributed by atoms with Crippen LogP contribution >= 0.6 is 11.8 Å². The van der Waals surface area contributed by atoms with Crippen LogP contribution in [0.25, 0.3) is 6.08 Å². The molecule has 9 heteroatoms. The molecule has 148 valence electrons. The standard InChI is InChI=1S/C19H18F2N2O3S2/c20-19(21)27-16-3-1-2-15(12-16)22-18(24)11-6-13-4-9-17(10-5-13)28(25,26)23-14-7-8-14/h1-6,9-12,14,19,23H,7-8H2,(H,22,24). The zero-order chi connectivity index (χ0) is 20.1. The summed E-state index contributed by atoms with van der Waals surface area (Å²) in [5.41, 5.74) is 1.07. The van der Waals surface area contributed by atoms with E-state index < -0.39 is 21.7 Å². The van der Waals surface area contributed by atoms with Crippen molar-refractivity contribution < 1.29 is 22.0 Å². The fourth-order valence-electron chi connectivity index (χ4n) is 2.35. The van der Waals surface area contributed by atoms with Gasteiger partial charge in [-0.05, 0) is 54.8 Å². The Bertz CT molecular complexity index is 973. The predicted octanol–water partition coefficient (Wildman–Crippen LogP) is 4.09. The van der Waals surface area contributed by atoms with Crippen molar-refractivity contribution in [2.24, 2.45) is 0 Å². The molecule has 5 nitrogen and oxygen atoms in total. The normalized spacial score (nSPS) is 14.5. The third-order valence-electron chi connectivity index (χ3n) is 3.84. The number of sulfonamides is 1. The Morgan fingerprint density at radius 3 is 2.50 bits per heavy atom. The molecule has 1 aliphatic carbocycles. The quantitative estimate of drug-likeness (QED) is 0.494. The molecule has 0 heterocycles. The number of benzene rings is 2. The molecule has 0 atom stereocenters. The Balaban J connectivity index is 1.59. The minimum atomic E-state index is -3.51. The molecule has 3 rings (SSSR count). The summed E-state index contributed by atoms with van der Waals surface area (Å²) in [7, 11) is -3.51. The summed E-state index contributed by atoms with van der Waals surface area (Å²) in [6.07, 6.45) is 4.55. The van der Waals surface area contributed by atoms with Gasteiger partial charge in [0.2, 0.25) is 15.9 Å². The van der Waals surface area contributed by atoms with Crippen LogP contribution in [0.2, 0.25) is 0 Å². The maximum atomic E-state index is 12.4. The van der Waals surface area contributed by atoms with E-state index in [4.69, 9.17) is 0 Å². The van der Waals surface area contributed by atoms with E-state index in [0.29, 0.717) is 27.9 Å². The van der Waals surface area contributed by atoms with Crippen molar-refractivity contribution in [1.82, 2.24) is 4.72 Å². The minimum Gasteiger partial charge on any atom is -0.322 e. The predicted molar refractivity (Wildman–Crippen MR) is 106 cm³/mol. The van der Waals surface area contributed by atoms with Crippen LogP contribution in [-0.2, 0) is 14.8 Å². The van der Waals surface area contributed by atoms with Gasteiger partial charge in [0.15, 0.2) is 0 Å². The first-order valence-electron chi connectivity index (χ1n) is 8.48. The number of alkyl halides is 2. The molecule has 1 saturated carbocycles. The highest BCUT2D eigenvalue weighted by Gasteiger charge is 2.27. The van der Waals surface area contributed by atoms with Crippen molar-refractivity contribution in [3.8, 4) is 0 Å². The number of thioether (sulfide) groups is 1. The molecule has 0 aliphatic heterocycles. The minimum absolute atomic E-state index is 0.0332. The SMILES string of the molecule is O=C(C=Cc1ccc(S(=O)(=O)NC2CC2)cc1)Nc1cccc(SC(F)F)c1. The zero-order valence-corrected chi connectivity index (χ0v) is 16.3. The zero-order valence-electron chi connectivity index (χ0n) is 14.6. The lowest BCUT2D eigenvalue weighted by Crippen LogP contribution is -2.25. The fraction of sp³-hybridized carbons (Fsp3) is 0.211. The number of hydrogen-bond acceptors (Lipinski definition) is 4. The summed E-state index contributed by atoms with van der Waals surface area (Å²) in [4.78, 5) is 12.5. The molecule has 2 aromatic carbocycles. The van der Waals surface area contributed by atoms with E-state index >= 15 is 0 Å². The summed E-state index contributed by atoms with van der Waals surface area (Å²) in [5, 5.41) is 2.60. The highest BCUT2D eigenvalue weighted by Crippen LogP contribution is 2.27. The summed E-state index contributed by atoms with van der Waals surface area (Å²) < 4.78 is 51.7. The van der Waals surface area contributed by atoms with Crippen LogP contribution in [0.4, 0.5) is 14.5 Å². The monoisotopic (exact) mass is 424 g/mol. The van der Waals surface area contributed by atoms with Gasteiger partial charge in [-0.3, -0.25) is 4.79 Å². The second-order valence-electron chi connectivity index (χ2n) is 6.19. The van der Waals surface area contributed by atoms with Crippen molar-refractivity contribution in [3.05, 3.63) is 60.2 Å². The van der Waals surface area contributed by atoms with Gasteiger partial charge in [0.1, 0.15) is 0 Å². The molecule has 28 heavy (non-hydrogen) atoms. The maximum absolute atomic E-state index is 12.4. The first-order chi connectivity index (χ1) is 13.3. The number of anilines is 1. The third-order valence-corrected chi connectivity index (χ3v) is 6.08. The summed E-state index contributed by atoms with van der Waals surface area (Å²) in [6.45, 7) is 0. The molecular weight excluding hydrogens is 406 g/mol. The van der Waals surface area contributed by atoms with E-state index in [0.717, 1.165) is 12.8 Å². The molecule has 2 aromatic rings. The van der Waals surface area contributed by atoms with Gasteiger partial charge < -0.3 is 5.32 Å². The van der Waals surface area contributed by atoms with Gasteiger partial charge in [-0.1, -0.05) is 30.0 Å². The van der Waals surface area contributed by atoms with E-state index in [-0.39, 0.29) is 10.9 Å². The molecular formula is C19H18F2N2O3S2. The highest BCUT2D eigenvalue weighted by molar-refractivity contribution is 7.99. The first-order valence-corrected chi connectivity index (χ1v) is 10.8. The lowest BCUT2D eigenvalue weighted by molar-refractivity contribution is -0.111. The van der Waals surface area contributed by atoms with Crippen molar-refractivity contribution >= 4 is 39.5 Å². The molecule has 2 N–H and O–H groups in total. The van der Waals surface area contributed by atoms with Gasteiger partial charge in [-0.2, -0.15) is 8.78 Å². The molecule has 0 saturated heterocycles. The molecule has 1 aliphatic rings. The summed E-state index contributed by atoms with van der Waals surface area (Å²) >= 11 is 0.404. The summed E-state index contributed by atoms with van der Waals surface area (Å²) in [5.74, 6) is -2.96. The topological polar surface area (TPSA) is 75.3 Å². The number of halogens is 2. The summed E-state index contributed by atoms with van der Waals surface area (Å²) in [6, 6.07) is 12.4. The van der Waals surface area contributed by atoms with Crippen molar-refractivity contribution in [3.63, 3.8) is 0 Å². The van der Waals surface area contributed by atoms with E-state index in [1.165, 1.54) is 36.4 Å². The smallest absolute Gasteiger partial charge is 0.288 e. The fourth-order valence-corrected chi connectivity index (χ4v) is 4.22. The second kappa shape index (κ2) is 8.85.